The van der Waals surface area contributed by atoms with Gasteiger partial charge in [-0.2, -0.15) is 11.3 Å². The van der Waals surface area contributed by atoms with Gasteiger partial charge in [-0.05, 0) is 52.9 Å². The van der Waals surface area contributed by atoms with Gasteiger partial charge in [-0.25, -0.2) is 0 Å². The summed E-state index contributed by atoms with van der Waals surface area (Å²) in [6.45, 7) is 4.10. The van der Waals surface area contributed by atoms with Crippen molar-refractivity contribution in [3.05, 3.63) is 51.2 Å². The molecule has 2 aromatic rings. The van der Waals surface area contributed by atoms with Gasteiger partial charge in [0.15, 0.2) is 0 Å². The van der Waals surface area contributed by atoms with Crippen LogP contribution in [0.4, 0.5) is 0 Å². The second-order valence-corrected chi connectivity index (χ2v) is 5.00. The number of methoxy groups -OCH3 is 1. The molecule has 2 nitrogen and oxygen atoms in total. The molecule has 18 heavy (non-hydrogen) atoms. The molecule has 0 saturated heterocycles. The van der Waals surface area contributed by atoms with Crippen molar-refractivity contribution < 1.29 is 4.74 Å². The fraction of sp³-hybridized carbons (Fsp3) is 0.286. The molecule has 1 aromatic heterocycles. The molecule has 0 fully saturated rings. The molecule has 0 radical (unpaired) electrons. The lowest BCUT2D eigenvalue weighted by molar-refractivity contribution is 0.408. The third kappa shape index (κ3) is 2.86. The fourth-order valence-corrected chi connectivity index (χ4v) is 2.83. The van der Waals surface area contributed by atoms with E-state index >= 15 is 0 Å². The Morgan fingerprint density at radius 3 is 2.22 bits per heavy atom. The molecule has 1 heterocycles. The Bertz CT molecular complexity index is 488. The number of halogens is 1. The minimum atomic E-state index is -0.0513. The maximum Gasteiger partial charge on any atom is 0.124 e. The Balaban J connectivity index is 0.00000162. The summed E-state index contributed by atoms with van der Waals surface area (Å²) in [4.78, 5) is 0. The van der Waals surface area contributed by atoms with E-state index in [-0.39, 0.29) is 18.4 Å². The second-order valence-electron chi connectivity index (χ2n) is 4.22. The first kappa shape index (κ1) is 15.0. The van der Waals surface area contributed by atoms with E-state index in [0.29, 0.717) is 0 Å². The van der Waals surface area contributed by atoms with Crippen molar-refractivity contribution in [1.82, 2.24) is 0 Å². The molecule has 0 spiro atoms. The van der Waals surface area contributed by atoms with Crippen LogP contribution >= 0.6 is 23.7 Å². The molecule has 1 aromatic carbocycles. The highest BCUT2D eigenvalue weighted by atomic mass is 35.5. The summed E-state index contributed by atoms with van der Waals surface area (Å²) < 4.78 is 5.36. The molecule has 2 N–H and O–H groups in total. The second kappa shape index (κ2) is 6.23. The lowest BCUT2D eigenvalue weighted by Gasteiger charge is -2.15. The van der Waals surface area contributed by atoms with Crippen molar-refractivity contribution in [2.75, 3.05) is 7.11 Å². The molecule has 0 aliphatic heterocycles. The highest BCUT2D eigenvalue weighted by Gasteiger charge is 2.12. The lowest BCUT2D eigenvalue weighted by Crippen LogP contribution is -2.11. The van der Waals surface area contributed by atoms with Gasteiger partial charge in [0.05, 0.1) is 13.2 Å². The van der Waals surface area contributed by atoms with E-state index in [1.54, 1.807) is 18.4 Å². The number of rotatable bonds is 3. The van der Waals surface area contributed by atoms with Crippen molar-refractivity contribution in [1.29, 1.82) is 0 Å². The minimum absolute atomic E-state index is 0. The fourth-order valence-electron chi connectivity index (χ4n) is 2.13. The Morgan fingerprint density at radius 1 is 1.17 bits per heavy atom. The van der Waals surface area contributed by atoms with E-state index in [0.717, 1.165) is 22.4 Å². The third-order valence-corrected chi connectivity index (χ3v) is 3.65. The van der Waals surface area contributed by atoms with Crippen LogP contribution < -0.4 is 10.5 Å². The van der Waals surface area contributed by atoms with E-state index in [4.69, 9.17) is 10.5 Å². The summed E-state index contributed by atoms with van der Waals surface area (Å²) in [5.41, 5.74) is 10.8. The Kier molecular flexibility index (Phi) is 5.20. The lowest BCUT2D eigenvalue weighted by atomic mass is 9.97. The zero-order chi connectivity index (χ0) is 12.4. The van der Waals surface area contributed by atoms with Crippen LogP contribution in [-0.2, 0) is 0 Å². The van der Waals surface area contributed by atoms with E-state index in [1.165, 1.54) is 5.56 Å². The van der Waals surface area contributed by atoms with E-state index < -0.39 is 0 Å². The molecule has 98 valence electrons. The molecule has 0 unspecified atom stereocenters. The Hall–Kier alpha value is -1.03. The van der Waals surface area contributed by atoms with Crippen molar-refractivity contribution in [2.45, 2.75) is 19.9 Å². The quantitative estimate of drug-likeness (QED) is 0.929. The van der Waals surface area contributed by atoms with Crippen LogP contribution in [0.25, 0.3) is 0 Å². The predicted octanol–water partition coefficient (Wildman–Crippen LogP) is 3.84. The normalized spacial score (nSPS) is 11.8. The predicted molar refractivity (Wildman–Crippen MR) is 80.1 cm³/mol. The first-order valence-corrected chi connectivity index (χ1v) is 6.50. The molecule has 1 atom stereocenters. The third-order valence-electron chi connectivity index (χ3n) is 2.95. The Labute approximate surface area is 118 Å². The number of hydrogen-bond donors (Lipinski definition) is 1. The highest BCUT2D eigenvalue weighted by Crippen LogP contribution is 2.29. The van der Waals surface area contributed by atoms with Gasteiger partial charge in [0.1, 0.15) is 5.75 Å². The van der Waals surface area contributed by atoms with Gasteiger partial charge in [0.2, 0.25) is 0 Å². The van der Waals surface area contributed by atoms with Crippen molar-refractivity contribution in [2.24, 2.45) is 5.73 Å². The van der Waals surface area contributed by atoms with Crippen LogP contribution in [0.3, 0.4) is 0 Å². The van der Waals surface area contributed by atoms with Gasteiger partial charge in [-0.3, -0.25) is 0 Å². The van der Waals surface area contributed by atoms with Crippen LogP contribution in [0.15, 0.2) is 29.0 Å². The minimum Gasteiger partial charge on any atom is -0.496 e. The highest BCUT2D eigenvalue weighted by molar-refractivity contribution is 7.08. The number of nitrogens with two attached hydrogens (primary N) is 1. The van der Waals surface area contributed by atoms with Crippen LogP contribution in [0.2, 0.25) is 0 Å². The van der Waals surface area contributed by atoms with Crippen molar-refractivity contribution in [3.8, 4) is 5.75 Å². The smallest absolute Gasteiger partial charge is 0.124 e. The van der Waals surface area contributed by atoms with Crippen LogP contribution in [0.5, 0.6) is 5.75 Å². The molecule has 0 bridgehead atoms. The SMILES string of the molecule is COc1c(C)cc([C@@H](N)c2ccsc2)cc1C.Cl. The molecule has 0 aliphatic rings. The molecule has 0 amide bonds. The molecule has 0 saturated carbocycles. The summed E-state index contributed by atoms with van der Waals surface area (Å²) in [5, 5.41) is 4.15. The molecular weight excluding hydrogens is 266 g/mol. The number of hydrogen-bond acceptors (Lipinski definition) is 3. The average Bonchev–Trinajstić information content (AvgIpc) is 2.81. The molecule has 2 rings (SSSR count). The molecule has 4 heteroatoms. The van der Waals surface area contributed by atoms with Gasteiger partial charge in [-0.15, -0.1) is 12.4 Å². The first-order chi connectivity index (χ1) is 8.13. The van der Waals surface area contributed by atoms with Crippen molar-refractivity contribution >= 4 is 23.7 Å². The molecule has 0 aliphatic carbocycles. The van der Waals surface area contributed by atoms with Gasteiger partial charge in [0, 0.05) is 0 Å². The number of thiophene rings is 1. The summed E-state index contributed by atoms with van der Waals surface area (Å²) in [5.74, 6) is 0.950. The summed E-state index contributed by atoms with van der Waals surface area (Å²) in [7, 11) is 1.70. The monoisotopic (exact) mass is 283 g/mol. The molecular formula is C14H18ClNOS. The van der Waals surface area contributed by atoms with Crippen LogP contribution in [-0.4, -0.2) is 7.11 Å². The average molecular weight is 284 g/mol. The maximum absolute atomic E-state index is 6.26. The number of ether oxygens (including phenoxy) is 1. The van der Waals surface area contributed by atoms with Crippen molar-refractivity contribution in [3.63, 3.8) is 0 Å². The number of aryl methyl sites for hydroxylation is 2. The largest absolute Gasteiger partial charge is 0.496 e. The van der Waals surface area contributed by atoms with E-state index in [2.05, 4.69) is 42.8 Å². The van der Waals surface area contributed by atoms with Gasteiger partial charge in [0.25, 0.3) is 0 Å². The Morgan fingerprint density at radius 2 is 1.78 bits per heavy atom. The van der Waals surface area contributed by atoms with E-state index in [9.17, 15) is 0 Å². The topological polar surface area (TPSA) is 35.2 Å². The van der Waals surface area contributed by atoms with Crippen LogP contribution in [0.1, 0.15) is 28.3 Å². The van der Waals surface area contributed by atoms with Crippen LogP contribution in [0, 0.1) is 13.8 Å². The van der Waals surface area contributed by atoms with E-state index in [1.807, 2.05) is 0 Å². The summed E-state index contributed by atoms with van der Waals surface area (Å²) >= 11 is 1.67. The zero-order valence-electron chi connectivity index (χ0n) is 10.8. The summed E-state index contributed by atoms with van der Waals surface area (Å²) in [6.07, 6.45) is 0. The van der Waals surface area contributed by atoms with Gasteiger partial charge >= 0.3 is 0 Å². The zero-order valence-corrected chi connectivity index (χ0v) is 12.4. The number of benzene rings is 1. The summed E-state index contributed by atoms with van der Waals surface area (Å²) in [6, 6.07) is 6.23. The first-order valence-electron chi connectivity index (χ1n) is 5.56. The standard InChI is InChI=1S/C14H17NOS.ClH/c1-9-6-12(7-10(2)14(9)16-3)13(15)11-4-5-17-8-11;/h4-8,13H,15H2,1-3H3;1H/t13-;/m0./s1. The van der Waals surface area contributed by atoms with Gasteiger partial charge in [-0.1, -0.05) is 12.1 Å². The maximum atomic E-state index is 6.26. The van der Waals surface area contributed by atoms with Gasteiger partial charge < -0.3 is 10.5 Å².